The summed E-state index contributed by atoms with van der Waals surface area (Å²) in [5.41, 5.74) is 1.19. The third kappa shape index (κ3) is 6.37. The summed E-state index contributed by atoms with van der Waals surface area (Å²) < 4.78 is 20.8. The normalized spacial score (nSPS) is 10.4. The number of thioether (sulfide) groups is 1. The monoisotopic (exact) mass is 463 g/mol. The summed E-state index contributed by atoms with van der Waals surface area (Å²) in [6, 6.07) is 11.8. The number of anilines is 1. The van der Waals surface area contributed by atoms with Crippen LogP contribution < -0.4 is 14.8 Å². The van der Waals surface area contributed by atoms with Crippen LogP contribution in [0.4, 0.5) is 5.69 Å². The minimum atomic E-state index is -0.598. The number of ether oxygens (including phenoxy) is 3. The van der Waals surface area contributed by atoms with Gasteiger partial charge >= 0.3 is 5.97 Å². The molecule has 1 amide bonds. The Morgan fingerprint density at radius 1 is 1.06 bits per heavy atom. The molecule has 0 saturated carbocycles. The molecule has 0 saturated heterocycles. The second kappa shape index (κ2) is 10.7. The Labute approximate surface area is 187 Å². The topological polar surface area (TPSA) is 113 Å². The summed E-state index contributed by atoms with van der Waals surface area (Å²) in [5.74, 6) is 0.121. The van der Waals surface area contributed by atoms with E-state index in [0.717, 1.165) is 11.8 Å². The van der Waals surface area contributed by atoms with Gasteiger partial charge < -0.3 is 23.9 Å². The van der Waals surface area contributed by atoms with Crippen molar-refractivity contribution in [3.05, 3.63) is 47.5 Å². The lowest BCUT2D eigenvalue weighted by Gasteiger charge is -2.10. The second-order valence-corrected chi connectivity index (χ2v) is 7.31. The molecule has 3 rings (SSSR count). The molecule has 0 bridgehead atoms. The van der Waals surface area contributed by atoms with Gasteiger partial charge in [0.2, 0.25) is 5.89 Å². The molecule has 0 radical (unpaired) electrons. The van der Waals surface area contributed by atoms with Gasteiger partial charge in [0, 0.05) is 22.3 Å². The number of aromatic nitrogens is 2. The number of methoxy groups -OCH3 is 2. The lowest BCUT2D eigenvalue weighted by Crippen LogP contribution is -2.21. The summed E-state index contributed by atoms with van der Waals surface area (Å²) in [5, 5.41) is 11.2. The fraction of sp³-hybridized carbons (Fsp3) is 0.200. The number of carbonyl (C=O) groups excluding carboxylic acids is 2. The maximum absolute atomic E-state index is 12.0. The van der Waals surface area contributed by atoms with Crippen molar-refractivity contribution in [2.45, 2.75) is 5.22 Å². The number of nitrogens with zero attached hydrogens (tertiary/aromatic N) is 2. The number of carbonyl (C=O) groups is 2. The molecule has 1 N–H and O–H groups in total. The van der Waals surface area contributed by atoms with E-state index >= 15 is 0 Å². The van der Waals surface area contributed by atoms with Crippen LogP contribution in [0.1, 0.15) is 0 Å². The number of nitrogens with one attached hydrogen (secondary N) is 1. The third-order valence-corrected chi connectivity index (χ3v) is 4.89. The largest absolute Gasteiger partial charge is 0.493 e. The van der Waals surface area contributed by atoms with Gasteiger partial charge in [0.25, 0.3) is 11.1 Å². The molecular formula is C20H18ClN3O6S. The van der Waals surface area contributed by atoms with Crippen molar-refractivity contribution < 1.29 is 28.2 Å². The molecule has 9 nitrogen and oxygen atoms in total. The van der Waals surface area contributed by atoms with Crippen LogP contribution >= 0.6 is 23.4 Å². The van der Waals surface area contributed by atoms with Crippen LogP contribution in [-0.4, -0.2) is 48.7 Å². The maximum Gasteiger partial charge on any atom is 0.316 e. The van der Waals surface area contributed by atoms with Crippen LogP contribution in [0.25, 0.3) is 11.5 Å². The lowest BCUT2D eigenvalue weighted by molar-refractivity contribution is -0.144. The third-order valence-electron chi connectivity index (χ3n) is 3.84. The first-order chi connectivity index (χ1) is 15.0. The fourth-order valence-electron chi connectivity index (χ4n) is 2.40. The van der Waals surface area contributed by atoms with Crippen LogP contribution in [0.15, 0.2) is 52.1 Å². The Morgan fingerprint density at radius 2 is 1.81 bits per heavy atom. The highest BCUT2D eigenvalue weighted by Crippen LogP contribution is 2.29. The fourth-order valence-corrected chi connectivity index (χ4v) is 3.08. The van der Waals surface area contributed by atoms with Crippen LogP contribution in [-0.2, 0) is 14.3 Å². The van der Waals surface area contributed by atoms with Crippen molar-refractivity contribution in [1.29, 1.82) is 0 Å². The number of esters is 1. The Hall–Kier alpha value is -3.24. The van der Waals surface area contributed by atoms with Gasteiger partial charge in [-0.1, -0.05) is 23.4 Å². The first-order valence-corrected chi connectivity index (χ1v) is 10.2. The zero-order valence-corrected chi connectivity index (χ0v) is 18.2. The molecule has 0 atom stereocenters. The van der Waals surface area contributed by atoms with Crippen molar-refractivity contribution in [2.75, 3.05) is 31.9 Å². The van der Waals surface area contributed by atoms with E-state index in [4.69, 9.17) is 30.2 Å². The molecule has 2 aromatic carbocycles. The van der Waals surface area contributed by atoms with Crippen LogP contribution in [0, 0.1) is 0 Å². The standard InChI is InChI=1S/C20H18ClN3O6S/c1-27-15-8-7-14(9-16(15)28-2)22-17(25)10-29-18(26)11-31-20-24-23-19(30-20)12-3-5-13(21)6-4-12/h3-9H,10-11H2,1-2H3,(H,22,25). The number of halogens is 1. The number of hydrogen-bond donors (Lipinski definition) is 1. The molecule has 0 aliphatic heterocycles. The first kappa shape index (κ1) is 22.4. The predicted molar refractivity (Wildman–Crippen MR) is 115 cm³/mol. The highest BCUT2D eigenvalue weighted by molar-refractivity contribution is 7.99. The molecule has 1 heterocycles. The molecular weight excluding hydrogens is 446 g/mol. The second-order valence-electron chi connectivity index (χ2n) is 5.95. The molecule has 0 aliphatic rings. The Kier molecular flexibility index (Phi) is 7.74. The molecule has 0 unspecified atom stereocenters. The summed E-state index contributed by atoms with van der Waals surface area (Å²) in [6.07, 6.45) is 0. The lowest BCUT2D eigenvalue weighted by atomic mass is 10.2. The molecule has 0 spiro atoms. The number of amides is 1. The summed E-state index contributed by atoms with van der Waals surface area (Å²) >= 11 is 6.86. The molecule has 11 heteroatoms. The Balaban J connectivity index is 1.44. The summed E-state index contributed by atoms with van der Waals surface area (Å²) in [7, 11) is 3.01. The number of hydrogen-bond acceptors (Lipinski definition) is 9. The molecule has 31 heavy (non-hydrogen) atoms. The molecule has 1 aromatic heterocycles. The minimum absolute atomic E-state index is 0.0914. The quantitative estimate of drug-likeness (QED) is 0.375. The van der Waals surface area contributed by atoms with Crippen molar-refractivity contribution in [2.24, 2.45) is 0 Å². The zero-order valence-electron chi connectivity index (χ0n) is 16.6. The Morgan fingerprint density at radius 3 is 2.52 bits per heavy atom. The van der Waals surface area contributed by atoms with Gasteiger partial charge in [-0.15, -0.1) is 10.2 Å². The van der Waals surface area contributed by atoms with E-state index < -0.39 is 18.5 Å². The van der Waals surface area contributed by atoms with Crippen molar-refractivity contribution in [3.8, 4) is 23.0 Å². The average Bonchev–Trinajstić information content (AvgIpc) is 3.25. The van der Waals surface area contributed by atoms with Gasteiger partial charge in [-0.2, -0.15) is 0 Å². The highest BCUT2D eigenvalue weighted by atomic mass is 35.5. The smallest absolute Gasteiger partial charge is 0.316 e. The van der Waals surface area contributed by atoms with Crippen LogP contribution in [0.3, 0.4) is 0 Å². The van der Waals surface area contributed by atoms with Gasteiger partial charge in [-0.3, -0.25) is 9.59 Å². The van der Waals surface area contributed by atoms with E-state index in [1.54, 1.807) is 42.5 Å². The first-order valence-electron chi connectivity index (χ1n) is 8.88. The molecule has 3 aromatic rings. The van der Waals surface area contributed by atoms with Gasteiger partial charge in [0.1, 0.15) is 5.75 Å². The Bertz CT molecular complexity index is 1060. The van der Waals surface area contributed by atoms with Crippen LogP contribution in [0.5, 0.6) is 11.5 Å². The van der Waals surface area contributed by atoms with E-state index in [2.05, 4.69) is 15.5 Å². The highest BCUT2D eigenvalue weighted by Gasteiger charge is 2.14. The average molecular weight is 464 g/mol. The van der Waals surface area contributed by atoms with Crippen molar-refractivity contribution in [3.63, 3.8) is 0 Å². The van der Waals surface area contributed by atoms with Crippen LogP contribution in [0.2, 0.25) is 5.02 Å². The molecule has 0 aliphatic carbocycles. The van der Waals surface area contributed by atoms with Crippen molar-refractivity contribution in [1.82, 2.24) is 10.2 Å². The number of benzene rings is 2. The molecule has 0 fully saturated rings. The minimum Gasteiger partial charge on any atom is -0.493 e. The van der Waals surface area contributed by atoms with E-state index in [1.807, 2.05) is 0 Å². The van der Waals surface area contributed by atoms with Gasteiger partial charge in [-0.05, 0) is 36.4 Å². The number of rotatable bonds is 9. The maximum atomic E-state index is 12.0. The van der Waals surface area contributed by atoms with Crippen molar-refractivity contribution >= 4 is 40.9 Å². The SMILES string of the molecule is COc1ccc(NC(=O)COC(=O)CSc2nnc(-c3ccc(Cl)cc3)o2)cc1OC. The van der Waals surface area contributed by atoms with E-state index in [0.29, 0.717) is 33.7 Å². The van der Waals surface area contributed by atoms with E-state index in [9.17, 15) is 9.59 Å². The van der Waals surface area contributed by atoms with Gasteiger partial charge in [0.15, 0.2) is 18.1 Å². The predicted octanol–water partition coefficient (Wildman–Crippen LogP) is 3.68. The van der Waals surface area contributed by atoms with E-state index in [-0.39, 0.29) is 11.0 Å². The molecule has 162 valence electrons. The van der Waals surface area contributed by atoms with E-state index in [1.165, 1.54) is 14.2 Å². The van der Waals surface area contributed by atoms with Gasteiger partial charge in [0.05, 0.1) is 14.2 Å². The zero-order chi connectivity index (χ0) is 22.2. The van der Waals surface area contributed by atoms with Gasteiger partial charge in [-0.25, -0.2) is 0 Å². The summed E-state index contributed by atoms with van der Waals surface area (Å²) in [4.78, 5) is 23.9. The summed E-state index contributed by atoms with van der Waals surface area (Å²) in [6.45, 7) is -0.437.